The number of carbonyl (C=O) groups is 1. The summed E-state index contributed by atoms with van der Waals surface area (Å²) in [7, 11) is 2.09. The molecule has 0 atom stereocenters. The first-order valence-corrected chi connectivity index (χ1v) is 4.90. The summed E-state index contributed by atoms with van der Waals surface area (Å²) in [5.74, 6) is -0.158. The standard InChI is InChI=1S/C10H18N2O2/c1-3-8-14-10(13)9-12-6-4-11(2)5-7-12/h3H,1,4-9H2,2H3. The minimum absolute atomic E-state index is 0.158. The van der Waals surface area contributed by atoms with Crippen molar-refractivity contribution in [2.75, 3.05) is 46.4 Å². The van der Waals surface area contributed by atoms with Gasteiger partial charge in [-0.3, -0.25) is 9.69 Å². The van der Waals surface area contributed by atoms with E-state index in [1.54, 1.807) is 6.08 Å². The highest BCUT2D eigenvalue weighted by Crippen LogP contribution is 1.98. The molecule has 1 heterocycles. The van der Waals surface area contributed by atoms with E-state index >= 15 is 0 Å². The third kappa shape index (κ3) is 3.89. The van der Waals surface area contributed by atoms with Crippen LogP contribution in [0.5, 0.6) is 0 Å². The van der Waals surface area contributed by atoms with E-state index in [1.807, 2.05) is 0 Å². The predicted octanol–water partition coefficient (Wildman–Crippen LogP) is -0.0370. The van der Waals surface area contributed by atoms with Crippen LogP contribution in [0.3, 0.4) is 0 Å². The molecule has 0 aromatic carbocycles. The lowest BCUT2D eigenvalue weighted by Gasteiger charge is -2.31. The van der Waals surface area contributed by atoms with Gasteiger partial charge in [-0.1, -0.05) is 12.7 Å². The van der Waals surface area contributed by atoms with Gasteiger partial charge < -0.3 is 9.64 Å². The average Bonchev–Trinajstić information content (AvgIpc) is 2.18. The van der Waals surface area contributed by atoms with Crippen LogP contribution in [0.2, 0.25) is 0 Å². The largest absolute Gasteiger partial charge is 0.461 e. The summed E-state index contributed by atoms with van der Waals surface area (Å²) in [4.78, 5) is 15.6. The van der Waals surface area contributed by atoms with Crippen LogP contribution >= 0.6 is 0 Å². The van der Waals surface area contributed by atoms with Crippen LogP contribution < -0.4 is 0 Å². The number of likely N-dealkylation sites (N-methyl/N-ethyl adjacent to an activating group) is 1. The van der Waals surface area contributed by atoms with E-state index in [0.29, 0.717) is 13.2 Å². The Morgan fingerprint density at radius 3 is 2.64 bits per heavy atom. The smallest absolute Gasteiger partial charge is 0.320 e. The zero-order valence-corrected chi connectivity index (χ0v) is 8.74. The summed E-state index contributed by atoms with van der Waals surface area (Å²) in [6.07, 6.45) is 1.59. The number of rotatable bonds is 4. The van der Waals surface area contributed by atoms with E-state index in [2.05, 4.69) is 23.4 Å². The van der Waals surface area contributed by atoms with Gasteiger partial charge in [0.05, 0.1) is 6.54 Å². The highest BCUT2D eigenvalue weighted by molar-refractivity contribution is 5.71. The van der Waals surface area contributed by atoms with Crippen LogP contribution in [-0.4, -0.2) is 62.1 Å². The number of carbonyl (C=O) groups excluding carboxylic acids is 1. The maximum absolute atomic E-state index is 11.2. The monoisotopic (exact) mass is 198 g/mol. The van der Waals surface area contributed by atoms with Gasteiger partial charge in [-0.2, -0.15) is 0 Å². The van der Waals surface area contributed by atoms with E-state index in [1.165, 1.54) is 0 Å². The first kappa shape index (κ1) is 11.2. The molecule has 0 bridgehead atoms. The molecule has 0 amide bonds. The molecular formula is C10H18N2O2. The van der Waals surface area contributed by atoms with E-state index in [-0.39, 0.29) is 5.97 Å². The second-order valence-corrected chi connectivity index (χ2v) is 3.55. The van der Waals surface area contributed by atoms with Crippen molar-refractivity contribution >= 4 is 5.97 Å². The van der Waals surface area contributed by atoms with E-state index < -0.39 is 0 Å². The van der Waals surface area contributed by atoms with Gasteiger partial charge in [0.15, 0.2) is 0 Å². The molecule has 0 saturated carbocycles. The van der Waals surface area contributed by atoms with Crippen molar-refractivity contribution in [1.82, 2.24) is 9.80 Å². The van der Waals surface area contributed by atoms with Gasteiger partial charge in [0.1, 0.15) is 6.61 Å². The zero-order chi connectivity index (χ0) is 10.4. The first-order chi connectivity index (χ1) is 6.72. The van der Waals surface area contributed by atoms with Gasteiger partial charge in [-0.15, -0.1) is 0 Å². The fourth-order valence-corrected chi connectivity index (χ4v) is 1.39. The van der Waals surface area contributed by atoms with Crippen LogP contribution in [0.1, 0.15) is 0 Å². The summed E-state index contributed by atoms with van der Waals surface area (Å²) in [6, 6.07) is 0. The Labute approximate surface area is 85.1 Å². The van der Waals surface area contributed by atoms with E-state index in [0.717, 1.165) is 26.2 Å². The predicted molar refractivity (Wildman–Crippen MR) is 55.1 cm³/mol. The molecule has 1 saturated heterocycles. The molecule has 0 spiro atoms. The van der Waals surface area contributed by atoms with Crippen molar-refractivity contribution in [2.24, 2.45) is 0 Å². The second-order valence-electron chi connectivity index (χ2n) is 3.55. The zero-order valence-electron chi connectivity index (χ0n) is 8.74. The van der Waals surface area contributed by atoms with Crippen LogP contribution in [0.4, 0.5) is 0 Å². The Bertz CT molecular complexity index is 198. The molecule has 1 aliphatic rings. The minimum atomic E-state index is -0.158. The number of hydrogen-bond donors (Lipinski definition) is 0. The Kier molecular flexibility index (Phi) is 4.62. The number of ether oxygens (including phenoxy) is 1. The van der Waals surface area contributed by atoms with Gasteiger partial charge in [0, 0.05) is 26.2 Å². The van der Waals surface area contributed by atoms with Crippen molar-refractivity contribution in [1.29, 1.82) is 0 Å². The Morgan fingerprint density at radius 2 is 2.07 bits per heavy atom. The Balaban J connectivity index is 2.17. The molecule has 0 aromatic rings. The van der Waals surface area contributed by atoms with Crippen LogP contribution in [-0.2, 0) is 9.53 Å². The maximum Gasteiger partial charge on any atom is 0.320 e. The number of hydrogen-bond acceptors (Lipinski definition) is 4. The summed E-state index contributed by atoms with van der Waals surface area (Å²) in [5.41, 5.74) is 0. The van der Waals surface area contributed by atoms with Crippen LogP contribution in [0, 0.1) is 0 Å². The van der Waals surface area contributed by atoms with Gasteiger partial charge in [0.2, 0.25) is 0 Å². The van der Waals surface area contributed by atoms with Crippen LogP contribution in [0.25, 0.3) is 0 Å². The van der Waals surface area contributed by atoms with Crippen molar-refractivity contribution in [3.63, 3.8) is 0 Å². The minimum Gasteiger partial charge on any atom is -0.461 e. The highest BCUT2D eigenvalue weighted by atomic mass is 16.5. The third-order valence-corrected chi connectivity index (χ3v) is 2.31. The molecule has 4 nitrogen and oxygen atoms in total. The Morgan fingerprint density at radius 1 is 1.43 bits per heavy atom. The van der Waals surface area contributed by atoms with Gasteiger partial charge in [-0.25, -0.2) is 0 Å². The first-order valence-electron chi connectivity index (χ1n) is 4.90. The average molecular weight is 198 g/mol. The summed E-state index contributed by atoms with van der Waals surface area (Å²) >= 11 is 0. The molecule has 0 aromatic heterocycles. The summed E-state index contributed by atoms with van der Waals surface area (Å²) in [6.45, 7) is 8.14. The van der Waals surface area contributed by atoms with Crippen molar-refractivity contribution in [3.8, 4) is 0 Å². The molecule has 1 aliphatic heterocycles. The van der Waals surface area contributed by atoms with Crippen LogP contribution in [0.15, 0.2) is 12.7 Å². The molecule has 4 heteroatoms. The van der Waals surface area contributed by atoms with Crippen molar-refractivity contribution in [3.05, 3.63) is 12.7 Å². The molecule has 80 valence electrons. The highest BCUT2D eigenvalue weighted by Gasteiger charge is 2.16. The quantitative estimate of drug-likeness (QED) is 0.469. The van der Waals surface area contributed by atoms with Gasteiger partial charge >= 0.3 is 5.97 Å². The van der Waals surface area contributed by atoms with Crippen molar-refractivity contribution < 1.29 is 9.53 Å². The maximum atomic E-state index is 11.2. The number of nitrogens with zero attached hydrogens (tertiary/aromatic N) is 2. The summed E-state index contributed by atoms with van der Waals surface area (Å²) < 4.78 is 4.91. The van der Waals surface area contributed by atoms with E-state index in [9.17, 15) is 4.79 Å². The number of piperazine rings is 1. The SMILES string of the molecule is C=CCOC(=O)CN1CCN(C)CC1. The van der Waals surface area contributed by atoms with E-state index in [4.69, 9.17) is 4.74 Å². The third-order valence-electron chi connectivity index (χ3n) is 2.31. The lowest BCUT2D eigenvalue weighted by atomic mass is 10.3. The molecule has 0 N–H and O–H groups in total. The molecule has 0 aliphatic carbocycles. The topological polar surface area (TPSA) is 32.8 Å². The lowest BCUT2D eigenvalue weighted by molar-refractivity contribution is -0.144. The fourth-order valence-electron chi connectivity index (χ4n) is 1.39. The molecule has 1 fully saturated rings. The molecule has 1 rings (SSSR count). The molecule has 0 radical (unpaired) electrons. The lowest BCUT2D eigenvalue weighted by Crippen LogP contribution is -2.46. The van der Waals surface area contributed by atoms with Gasteiger partial charge in [-0.05, 0) is 7.05 Å². The number of esters is 1. The fraction of sp³-hybridized carbons (Fsp3) is 0.700. The molecular weight excluding hydrogens is 180 g/mol. The molecule has 14 heavy (non-hydrogen) atoms. The normalized spacial score (nSPS) is 19.2. The van der Waals surface area contributed by atoms with Crippen molar-refractivity contribution in [2.45, 2.75) is 0 Å². The summed E-state index contributed by atoms with van der Waals surface area (Å²) in [5, 5.41) is 0. The molecule has 0 unspecified atom stereocenters. The van der Waals surface area contributed by atoms with Gasteiger partial charge in [0.25, 0.3) is 0 Å². The second kappa shape index (κ2) is 5.78. The Hall–Kier alpha value is -0.870.